The fraction of sp³-hybridized carbons (Fsp3) is 0.0833. The summed E-state index contributed by atoms with van der Waals surface area (Å²) in [6.07, 6.45) is 0. The SMILES string of the molecule is COc1ccc(NC(=O)c2ccc(Br)s2)c([N+](=O)[O-])c1. The standard InChI is InChI=1S/C12H9BrN2O4S/c1-19-7-2-3-8(9(6-7)15(17)18)14-12(16)10-4-5-11(13)20-10/h2-6H,1H3,(H,14,16). The lowest BCUT2D eigenvalue weighted by atomic mass is 10.2. The van der Waals surface area contributed by atoms with Crippen molar-refractivity contribution in [1.29, 1.82) is 0 Å². The third kappa shape index (κ3) is 3.14. The minimum Gasteiger partial charge on any atom is -0.496 e. The number of nitro groups is 1. The van der Waals surface area contributed by atoms with Gasteiger partial charge in [0.15, 0.2) is 0 Å². The number of methoxy groups -OCH3 is 1. The van der Waals surface area contributed by atoms with Crippen molar-refractivity contribution in [2.24, 2.45) is 0 Å². The van der Waals surface area contributed by atoms with Gasteiger partial charge >= 0.3 is 0 Å². The van der Waals surface area contributed by atoms with E-state index in [0.29, 0.717) is 10.6 Å². The lowest BCUT2D eigenvalue weighted by Crippen LogP contribution is -2.11. The van der Waals surface area contributed by atoms with E-state index < -0.39 is 10.8 Å². The Labute approximate surface area is 126 Å². The minimum atomic E-state index is -0.567. The first-order valence-electron chi connectivity index (χ1n) is 5.40. The van der Waals surface area contributed by atoms with Crippen LogP contribution < -0.4 is 10.1 Å². The summed E-state index contributed by atoms with van der Waals surface area (Å²) in [6, 6.07) is 7.63. The molecule has 2 aromatic rings. The van der Waals surface area contributed by atoms with Crippen molar-refractivity contribution in [3.05, 3.63) is 49.1 Å². The molecule has 0 aliphatic rings. The Balaban J connectivity index is 2.29. The molecule has 1 N–H and O–H groups in total. The van der Waals surface area contributed by atoms with E-state index in [2.05, 4.69) is 21.2 Å². The van der Waals surface area contributed by atoms with Crippen LogP contribution in [-0.2, 0) is 0 Å². The molecular formula is C12H9BrN2O4S. The fourth-order valence-corrected chi connectivity index (χ4v) is 2.80. The highest BCUT2D eigenvalue weighted by molar-refractivity contribution is 9.11. The molecule has 1 heterocycles. The van der Waals surface area contributed by atoms with Crippen LogP contribution in [0, 0.1) is 10.1 Å². The number of hydrogen-bond donors (Lipinski definition) is 1. The van der Waals surface area contributed by atoms with Gasteiger partial charge in [-0.1, -0.05) is 0 Å². The van der Waals surface area contributed by atoms with Gasteiger partial charge < -0.3 is 10.1 Å². The van der Waals surface area contributed by atoms with E-state index in [9.17, 15) is 14.9 Å². The molecule has 0 bridgehead atoms. The molecule has 0 radical (unpaired) electrons. The Hall–Kier alpha value is -1.93. The Bertz CT molecular complexity index is 671. The maximum Gasteiger partial charge on any atom is 0.296 e. The molecule has 6 nitrogen and oxygen atoms in total. The lowest BCUT2D eigenvalue weighted by Gasteiger charge is -2.06. The van der Waals surface area contributed by atoms with E-state index in [1.165, 1.54) is 30.6 Å². The number of hydrogen-bond acceptors (Lipinski definition) is 5. The maximum atomic E-state index is 12.0. The second-order valence-electron chi connectivity index (χ2n) is 3.70. The molecule has 104 valence electrons. The predicted octanol–water partition coefficient (Wildman–Crippen LogP) is 3.68. The van der Waals surface area contributed by atoms with Crippen LogP contribution in [-0.4, -0.2) is 17.9 Å². The van der Waals surface area contributed by atoms with Crippen LogP contribution in [0.2, 0.25) is 0 Å². The number of nitro benzene ring substituents is 1. The van der Waals surface area contributed by atoms with Crippen molar-refractivity contribution in [3.63, 3.8) is 0 Å². The molecule has 0 saturated heterocycles. The maximum absolute atomic E-state index is 12.0. The molecule has 1 aromatic carbocycles. The predicted molar refractivity (Wildman–Crippen MR) is 79.6 cm³/mol. The Morgan fingerprint density at radius 3 is 2.70 bits per heavy atom. The topological polar surface area (TPSA) is 81.5 Å². The summed E-state index contributed by atoms with van der Waals surface area (Å²) >= 11 is 4.50. The number of rotatable bonds is 4. The number of carbonyl (C=O) groups is 1. The van der Waals surface area contributed by atoms with Crippen molar-refractivity contribution in [2.75, 3.05) is 12.4 Å². The summed E-state index contributed by atoms with van der Waals surface area (Å²) in [5.41, 5.74) is -0.0846. The molecule has 0 unspecified atom stereocenters. The number of benzene rings is 1. The molecule has 0 saturated carbocycles. The van der Waals surface area contributed by atoms with Gasteiger partial charge in [0, 0.05) is 0 Å². The third-order valence-corrected chi connectivity index (χ3v) is 4.07. The molecule has 0 atom stereocenters. The molecule has 0 spiro atoms. The summed E-state index contributed by atoms with van der Waals surface area (Å²) in [5.74, 6) is -0.0393. The largest absolute Gasteiger partial charge is 0.496 e. The van der Waals surface area contributed by atoms with Gasteiger partial charge in [-0.2, -0.15) is 0 Å². The molecule has 20 heavy (non-hydrogen) atoms. The molecule has 1 aromatic heterocycles. The number of nitrogens with one attached hydrogen (secondary N) is 1. The molecule has 0 fully saturated rings. The van der Waals surface area contributed by atoms with Crippen LogP contribution in [0.15, 0.2) is 34.1 Å². The quantitative estimate of drug-likeness (QED) is 0.669. The second kappa shape index (κ2) is 6.02. The zero-order valence-electron chi connectivity index (χ0n) is 10.3. The Morgan fingerprint density at radius 1 is 1.40 bits per heavy atom. The third-order valence-electron chi connectivity index (χ3n) is 2.45. The van der Waals surface area contributed by atoms with Gasteiger partial charge in [0.1, 0.15) is 11.4 Å². The van der Waals surface area contributed by atoms with Gasteiger partial charge in [0.05, 0.1) is 26.8 Å². The molecule has 8 heteroatoms. The van der Waals surface area contributed by atoms with Crippen molar-refractivity contribution >= 4 is 44.5 Å². The van der Waals surface area contributed by atoms with Gasteiger partial charge in [-0.25, -0.2) is 0 Å². The van der Waals surface area contributed by atoms with Gasteiger partial charge in [-0.15, -0.1) is 11.3 Å². The van der Waals surface area contributed by atoms with E-state index >= 15 is 0 Å². The number of thiophene rings is 1. The summed E-state index contributed by atoms with van der Waals surface area (Å²) in [4.78, 5) is 22.9. The van der Waals surface area contributed by atoms with Crippen molar-refractivity contribution in [2.45, 2.75) is 0 Å². The number of anilines is 1. The highest BCUT2D eigenvalue weighted by atomic mass is 79.9. The highest BCUT2D eigenvalue weighted by Gasteiger charge is 2.18. The van der Waals surface area contributed by atoms with Crippen LogP contribution in [0.3, 0.4) is 0 Å². The number of halogens is 1. The van der Waals surface area contributed by atoms with Gasteiger partial charge in [-0.05, 0) is 40.2 Å². The average Bonchev–Trinajstić information content (AvgIpc) is 2.85. The van der Waals surface area contributed by atoms with Gasteiger partial charge in [0.25, 0.3) is 11.6 Å². The summed E-state index contributed by atoms with van der Waals surface area (Å²) in [5, 5.41) is 13.5. The first-order chi connectivity index (χ1) is 9.51. The summed E-state index contributed by atoms with van der Waals surface area (Å²) in [7, 11) is 1.42. The van der Waals surface area contributed by atoms with E-state index in [0.717, 1.165) is 3.79 Å². The minimum absolute atomic E-state index is 0.130. The second-order valence-corrected chi connectivity index (χ2v) is 6.16. The van der Waals surface area contributed by atoms with Crippen molar-refractivity contribution < 1.29 is 14.5 Å². The molecule has 0 aliphatic carbocycles. The highest BCUT2D eigenvalue weighted by Crippen LogP contribution is 2.30. The molecule has 2 rings (SSSR count). The molecular weight excluding hydrogens is 348 g/mol. The number of ether oxygens (including phenoxy) is 1. The van der Waals surface area contributed by atoms with E-state index in [1.807, 2.05) is 0 Å². The van der Waals surface area contributed by atoms with Gasteiger partial charge in [0.2, 0.25) is 0 Å². The van der Waals surface area contributed by atoms with Crippen molar-refractivity contribution in [1.82, 2.24) is 0 Å². The average molecular weight is 357 g/mol. The van der Waals surface area contributed by atoms with Crippen LogP contribution in [0.5, 0.6) is 5.75 Å². The number of nitrogens with zero attached hydrogens (tertiary/aromatic N) is 1. The normalized spacial score (nSPS) is 10.1. The van der Waals surface area contributed by atoms with E-state index in [1.54, 1.807) is 18.2 Å². The first-order valence-corrected chi connectivity index (χ1v) is 7.01. The monoisotopic (exact) mass is 356 g/mol. The Kier molecular flexibility index (Phi) is 4.35. The molecule has 1 amide bonds. The summed E-state index contributed by atoms with van der Waals surface area (Å²) < 4.78 is 5.74. The van der Waals surface area contributed by atoms with Gasteiger partial charge in [-0.3, -0.25) is 14.9 Å². The summed E-state index contributed by atoms with van der Waals surface area (Å²) in [6.45, 7) is 0. The fourth-order valence-electron chi connectivity index (χ4n) is 1.52. The Morgan fingerprint density at radius 2 is 2.15 bits per heavy atom. The van der Waals surface area contributed by atoms with Crippen molar-refractivity contribution in [3.8, 4) is 5.75 Å². The van der Waals surface area contributed by atoms with Crippen LogP contribution in [0.25, 0.3) is 0 Å². The van der Waals surface area contributed by atoms with Crippen LogP contribution in [0.1, 0.15) is 9.67 Å². The first kappa shape index (κ1) is 14.5. The van der Waals surface area contributed by atoms with E-state index in [-0.39, 0.29) is 11.4 Å². The zero-order valence-corrected chi connectivity index (χ0v) is 12.7. The number of amides is 1. The zero-order chi connectivity index (χ0) is 14.7. The lowest BCUT2D eigenvalue weighted by molar-refractivity contribution is -0.384. The van der Waals surface area contributed by atoms with Crippen LogP contribution in [0.4, 0.5) is 11.4 Å². The van der Waals surface area contributed by atoms with Crippen LogP contribution >= 0.6 is 27.3 Å². The molecule has 0 aliphatic heterocycles. The number of carbonyl (C=O) groups excluding carboxylic acids is 1. The smallest absolute Gasteiger partial charge is 0.296 e. The van der Waals surface area contributed by atoms with E-state index in [4.69, 9.17) is 4.74 Å².